The molecular weight excluding hydrogens is 406 g/mol. The third-order valence-electron chi connectivity index (χ3n) is 6.94. The van der Waals surface area contributed by atoms with E-state index in [0.29, 0.717) is 18.4 Å². The molecule has 0 radical (unpaired) electrons. The van der Waals surface area contributed by atoms with Crippen LogP contribution in [0.4, 0.5) is 10.6 Å². The van der Waals surface area contributed by atoms with Gasteiger partial charge < -0.3 is 25.2 Å². The molecule has 1 aliphatic carbocycles. The van der Waals surface area contributed by atoms with Crippen molar-refractivity contribution in [1.82, 2.24) is 19.8 Å². The molecule has 1 aromatic heterocycles. The highest BCUT2D eigenvalue weighted by Crippen LogP contribution is 2.29. The van der Waals surface area contributed by atoms with Gasteiger partial charge in [0.1, 0.15) is 0 Å². The number of aromatic nitrogens is 2. The molecule has 2 fully saturated rings. The number of hydrogen-bond donors (Lipinski definition) is 3. The molecule has 174 valence electrons. The highest BCUT2D eigenvalue weighted by atomic mass is 16.4. The largest absolute Gasteiger partial charge is 0.465 e. The predicted octanol–water partition coefficient (Wildman–Crippen LogP) is 3.83. The molecule has 8 nitrogen and oxygen atoms in total. The summed E-state index contributed by atoms with van der Waals surface area (Å²) in [4.78, 5) is 31.2. The van der Waals surface area contributed by atoms with Crippen LogP contribution < -0.4 is 16.2 Å². The predicted molar refractivity (Wildman–Crippen MR) is 126 cm³/mol. The number of piperidine rings is 1. The fourth-order valence-corrected chi connectivity index (χ4v) is 5.29. The highest BCUT2D eigenvalue weighted by molar-refractivity contribution is 5.76. The van der Waals surface area contributed by atoms with E-state index in [1.807, 2.05) is 28.8 Å². The molecule has 1 aromatic carbocycles. The van der Waals surface area contributed by atoms with Gasteiger partial charge in [-0.05, 0) is 37.8 Å². The van der Waals surface area contributed by atoms with Gasteiger partial charge in [0.15, 0.2) is 5.82 Å². The Labute approximate surface area is 189 Å². The van der Waals surface area contributed by atoms with Crippen LogP contribution >= 0.6 is 0 Å². The molecule has 2 aliphatic rings. The van der Waals surface area contributed by atoms with Crippen LogP contribution in [0, 0.1) is 0 Å². The van der Waals surface area contributed by atoms with Gasteiger partial charge in [-0.2, -0.15) is 0 Å². The Balaban J connectivity index is 1.50. The summed E-state index contributed by atoms with van der Waals surface area (Å²) in [6, 6.07) is 8.62. The molecule has 1 aliphatic heterocycles. The Bertz CT molecular complexity index is 960. The lowest BCUT2D eigenvalue weighted by Crippen LogP contribution is -2.43. The Kier molecular flexibility index (Phi) is 7.63. The molecule has 1 saturated heterocycles. The van der Waals surface area contributed by atoms with E-state index in [1.54, 1.807) is 0 Å². The van der Waals surface area contributed by atoms with Gasteiger partial charge in [-0.25, -0.2) is 9.78 Å². The maximum absolute atomic E-state index is 13.4. The SMILES string of the molecule is O=C(O)NCCNc1nc2ccccc2n(C2CCN(C3CCCCCCC3)CC2)c1=O. The standard InChI is InChI=1S/C24H35N5O3/c30-23-22(25-14-15-26-24(31)32)27-20-10-6-7-11-21(20)29(23)19-12-16-28(17-13-19)18-8-4-2-1-3-5-9-18/h6-7,10-11,18-19,26H,1-5,8-9,12-17H2,(H,25,27)(H,31,32). The Morgan fingerprint density at radius 2 is 1.66 bits per heavy atom. The van der Waals surface area contributed by atoms with Crippen LogP contribution in [0.2, 0.25) is 0 Å². The summed E-state index contributed by atoms with van der Waals surface area (Å²) in [5, 5.41) is 14.1. The number of para-hydroxylation sites is 2. The molecule has 0 unspecified atom stereocenters. The Hall–Kier alpha value is -2.61. The van der Waals surface area contributed by atoms with Crippen LogP contribution in [-0.2, 0) is 0 Å². The number of fused-ring (bicyclic) bond motifs is 1. The van der Waals surface area contributed by atoms with E-state index in [0.717, 1.165) is 37.0 Å². The number of benzene rings is 1. The van der Waals surface area contributed by atoms with Gasteiger partial charge >= 0.3 is 6.09 Å². The molecule has 1 saturated carbocycles. The number of nitrogens with one attached hydrogen (secondary N) is 2. The van der Waals surface area contributed by atoms with Crippen molar-refractivity contribution in [2.45, 2.75) is 69.9 Å². The number of hydrogen-bond acceptors (Lipinski definition) is 5. The van der Waals surface area contributed by atoms with E-state index in [4.69, 9.17) is 5.11 Å². The van der Waals surface area contributed by atoms with E-state index >= 15 is 0 Å². The van der Waals surface area contributed by atoms with Gasteiger partial charge in [0.2, 0.25) is 0 Å². The summed E-state index contributed by atoms with van der Waals surface area (Å²) in [5.74, 6) is 0.290. The molecule has 3 N–H and O–H groups in total. The number of nitrogens with zero attached hydrogens (tertiary/aromatic N) is 3. The second kappa shape index (κ2) is 10.8. The first-order chi connectivity index (χ1) is 15.6. The number of anilines is 1. The minimum Gasteiger partial charge on any atom is -0.465 e. The first-order valence-corrected chi connectivity index (χ1v) is 12.1. The molecular formula is C24H35N5O3. The number of carboxylic acid groups (broad SMARTS) is 1. The number of carbonyl (C=O) groups is 1. The molecule has 4 rings (SSSR count). The lowest BCUT2D eigenvalue weighted by Gasteiger charge is -2.39. The van der Waals surface area contributed by atoms with Crippen molar-refractivity contribution in [2.24, 2.45) is 0 Å². The van der Waals surface area contributed by atoms with E-state index in [-0.39, 0.29) is 18.1 Å². The summed E-state index contributed by atoms with van der Waals surface area (Å²) < 4.78 is 1.92. The Morgan fingerprint density at radius 3 is 2.38 bits per heavy atom. The van der Waals surface area contributed by atoms with Crippen LogP contribution in [-0.4, -0.2) is 57.9 Å². The molecule has 2 aromatic rings. The fourth-order valence-electron chi connectivity index (χ4n) is 5.29. The van der Waals surface area contributed by atoms with E-state index < -0.39 is 6.09 Å². The minimum absolute atomic E-state index is 0.122. The first-order valence-electron chi connectivity index (χ1n) is 12.1. The van der Waals surface area contributed by atoms with Gasteiger partial charge in [-0.15, -0.1) is 0 Å². The maximum Gasteiger partial charge on any atom is 0.404 e. The van der Waals surface area contributed by atoms with E-state index in [2.05, 4.69) is 20.5 Å². The average molecular weight is 442 g/mol. The topological polar surface area (TPSA) is 99.5 Å². The van der Waals surface area contributed by atoms with Crippen molar-refractivity contribution in [2.75, 3.05) is 31.5 Å². The zero-order chi connectivity index (χ0) is 22.3. The minimum atomic E-state index is -1.08. The molecule has 0 spiro atoms. The molecule has 0 bridgehead atoms. The fraction of sp³-hybridized carbons (Fsp3) is 0.625. The summed E-state index contributed by atoms with van der Waals surface area (Å²) in [6.45, 7) is 2.59. The van der Waals surface area contributed by atoms with Crippen LogP contribution in [0.1, 0.15) is 63.8 Å². The Morgan fingerprint density at radius 1 is 0.969 bits per heavy atom. The third-order valence-corrected chi connectivity index (χ3v) is 6.94. The van der Waals surface area contributed by atoms with Crippen LogP contribution in [0.5, 0.6) is 0 Å². The summed E-state index contributed by atoms with van der Waals surface area (Å²) in [5.41, 5.74) is 1.53. The quantitative estimate of drug-likeness (QED) is 0.589. The van der Waals surface area contributed by atoms with Crippen molar-refractivity contribution in [3.8, 4) is 0 Å². The smallest absolute Gasteiger partial charge is 0.404 e. The van der Waals surface area contributed by atoms with Gasteiger partial charge in [0.25, 0.3) is 5.56 Å². The van der Waals surface area contributed by atoms with Crippen LogP contribution in [0.15, 0.2) is 29.1 Å². The van der Waals surface area contributed by atoms with E-state index in [1.165, 1.54) is 44.9 Å². The summed E-state index contributed by atoms with van der Waals surface area (Å²) in [7, 11) is 0. The third kappa shape index (κ3) is 5.41. The molecule has 32 heavy (non-hydrogen) atoms. The zero-order valence-electron chi connectivity index (χ0n) is 18.8. The van der Waals surface area contributed by atoms with Gasteiger partial charge in [0.05, 0.1) is 11.0 Å². The van der Waals surface area contributed by atoms with Crippen molar-refractivity contribution in [1.29, 1.82) is 0 Å². The molecule has 8 heteroatoms. The summed E-state index contributed by atoms with van der Waals surface area (Å²) in [6.07, 6.45) is 10.3. The molecule has 1 amide bonds. The normalized spacial score (nSPS) is 19.4. The van der Waals surface area contributed by atoms with Crippen molar-refractivity contribution in [3.63, 3.8) is 0 Å². The maximum atomic E-state index is 13.4. The second-order valence-electron chi connectivity index (χ2n) is 9.05. The van der Waals surface area contributed by atoms with Crippen molar-refractivity contribution in [3.05, 3.63) is 34.6 Å². The number of likely N-dealkylation sites (tertiary alicyclic amines) is 1. The summed E-state index contributed by atoms with van der Waals surface area (Å²) >= 11 is 0. The zero-order valence-corrected chi connectivity index (χ0v) is 18.8. The average Bonchev–Trinajstić information content (AvgIpc) is 2.77. The molecule has 2 heterocycles. The van der Waals surface area contributed by atoms with Crippen molar-refractivity contribution < 1.29 is 9.90 Å². The second-order valence-corrected chi connectivity index (χ2v) is 9.05. The van der Waals surface area contributed by atoms with Crippen LogP contribution in [0.25, 0.3) is 11.0 Å². The van der Waals surface area contributed by atoms with Gasteiger partial charge in [0, 0.05) is 38.3 Å². The van der Waals surface area contributed by atoms with Gasteiger partial charge in [-0.3, -0.25) is 4.79 Å². The highest BCUT2D eigenvalue weighted by Gasteiger charge is 2.28. The lowest BCUT2D eigenvalue weighted by atomic mass is 9.93. The van der Waals surface area contributed by atoms with Crippen LogP contribution in [0.3, 0.4) is 0 Å². The first kappa shape index (κ1) is 22.6. The monoisotopic (exact) mass is 441 g/mol. The van der Waals surface area contributed by atoms with Gasteiger partial charge in [-0.1, -0.05) is 44.2 Å². The van der Waals surface area contributed by atoms with E-state index in [9.17, 15) is 9.59 Å². The number of rotatable bonds is 6. The number of amides is 1. The van der Waals surface area contributed by atoms with Crippen molar-refractivity contribution >= 4 is 22.9 Å². The lowest BCUT2D eigenvalue weighted by molar-refractivity contribution is 0.116. The molecule has 0 atom stereocenters.